The lowest BCUT2D eigenvalue weighted by molar-refractivity contribution is 0.202. The molecule has 2 aromatic carbocycles. The summed E-state index contributed by atoms with van der Waals surface area (Å²) in [5.74, 6) is 0.613. The third kappa shape index (κ3) is 4.17. The van der Waals surface area contributed by atoms with Crippen molar-refractivity contribution in [3.05, 3.63) is 75.2 Å². The van der Waals surface area contributed by atoms with E-state index < -0.39 is 0 Å². The molecule has 8 heteroatoms. The third-order valence-corrected chi connectivity index (χ3v) is 4.95. The first-order valence-electron chi connectivity index (χ1n) is 9.43. The zero-order valence-electron chi connectivity index (χ0n) is 16.6. The zero-order valence-corrected chi connectivity index (χ0v) is 17.3. The number of aryl methyl sites for hydroxylation is 1. The second-order valence-corrected chi connectivity index (χ2v) is 7.21. The van der Waals surface area contributed by atoms with Gasteiger partial charge in [0.25, 0.3) is 5.56 Å². The number of anilines is 2. The van der Waals surface area contributed by atoms with Gasteiger partial charge in [-0.05, 0) is 25.1 Å². The highest BCUT2D eigenvalue weighted by Gasteiger charge is 2.13. The molecule has 30 heavy (non-hydrogen) atoms. The number of rotatable bonds is 6. The summed E-state index contributed by atoms with van der Waals surface area (Å²) in [6.45, 7) is 2.25. The van der Waals surface area contributed by atoms with E-state index >= 15 is 0 Å². The summed E-state index contributed by atoms with van der Waals surface area (Å²) in [7, 11) is 1.60. The molecule has 152 valence electrons. The van der Waals surface area contributed by atoms with Gasteiger partial charge in [0.15, 0.2) is 0 Å². The van der Waals surface area contributed by atoms with Crippen LogP contribution in [0.25, 0.3) is 22.2 Å². The van der Waals surface area contributed by atoms with Crippen molar-refractivity contribution >= 4 is 34.4 Å². The number of nitrogens with zero attached hydrogens (tertiary/aromatic N) is 3. The number of hydrogen-bond acceptors (Lipinski definition) is 6. The highest BCUT2D eigenvalue weighted by atomic mass is 35.5. The quantitative estimate of drug-likeness (QED) is 0.483. The molecule has 4 rings (SSSR count). The Labute approximate surface area is 178 Å². The summed E-state index contributed by atoms with van der Waals surface area (Å²) in [6, 6.07) is 15.3. The molecule has 2 aromatic heterocycles. The van der Waals surface area contributed by atoms with E-state index in [4.69, 9.17) is 16.3 Å². The normalized spacial score (nSPS) is 11.0. The van der Waals surface area contributed by atoms with Crippen LogP contribution < -0.4 is 10.9 Å². The van der Waals surface area contributed by atoms with Crippen LogP contribution in [0.5, 0.6) is 0 Å². The molecule has 0 fully saturated rings. The SMILES string of the molecule is COCCc1c(C)nc(Nc2nc(-c3ccccc3)c3cc(Cl)ccc3n2)[nH]c1=O. The van der Waals surface area contributed by atoms with Crippen molar-refractivity contribution in [3.8, 4) is 11.3 Å². The van der Waals surface area contributed by atoms with Crippen LogP contribution in [0.15, 0.2) is 53.3 Å². The van der Waals surface area contributed by atoms with Crippen LogP contribution in [0.1, 0.15) is 11.3 Å². The number of benzene rings is 2. The molecule has 0 aliphatic carbocycles. The second kappa shape index (κ2) is 8.61. The first-order valence-corrected chi connectivity index (χ1v) is 9.81. The Balaban J connectivity index is 1.77. The van der Waals surface area contributed by atoms with E-state index in [0.717, 1.165) is 22.2 Å². The highest BCUT2D eigenvalue weighted by molar-refractivity contribution is 6.31. The molecule has 2 heterocycles. The van der Waals surface area contributed by atoms with Crippen LogP contribution >= 0.6 is 11.6 Å². The maximum absolute atomic E-state index is 12.4. The van der Waals surface area contributed by atoms with Crippen molar-refractivity contribution in [1.82, 2.24) is 19.9 Å². The van der Waals surface area contributed by atoms with E-state index in [2.05, 4.69) is 25.3 Å². The average Bonchev–Trinajstić information content (AvgIpc) is 2.73. The van der Waals surface area contributed by atoms with Gasteiger partial charge in [-0.1, -0.05) is 41.9 Å². The Hall–Kier alpha value is -3.29. The predicted molar refractivity (Wildman–Crippen MR) is 118 cm³/mol. The van der Waals surface area contributed by atoms with Crippen LogP contribution in [0, 0.1) is 6.92 Å². The standard InChI is InChI=1S/C22H20ClN5O2/c1-13-16(10-11-30-2)20(29)27-21(24-13)28-22-25-18-9-8-15(23)12-17(18)19(26-22)14-6-4-3-5-7-14/h3-9,12H,10-11H2,1-2H3,(H2,24,25,26,27,28,29). The molecule has 0 saturated heterocycles. The topological polar surface area (TPSA) is 92.8 Å². The molecule has 7 nitrogen and oxygen atoms in total. The maximum Gasteiger partial charge on any atom is 0.255 e. The van der Waals surface area contributed by atoms with E-state index in [1.165, 1.54) is 0 Å². The number of fused-ring (bicyclic) bond motifs is 1. The van der Waals surface area contributed by atoms with Crippen LogP contribution in [-0.4, -0.2) is 33.7 Å². The molecule has 4 aromatic rings. The largest absolute Gasteiger partial charge is 0.384 e. The summed E-state index contributed by atoms with van der Waals surface area (Å²) in [5, 5.41) is 4.48. The summed E-state index contributed by atoms with van der Waals surface area (Å²) in [6.07, 6.45) is 0.496. The average molecular weight is 422 g/mol. The van der Waals surface area contributed by atoms with Crippen molar-refractivity contribution in [2.75, 3.05) is 19.0 Å². The number of ether oxygens (including phenoxy) is 1. The van der Waals surface area contributed by atoms with Gasteiger partial charge in [-0.15, -0.1) is 0 Å². The number of H-pyrrole nitrogens is 1. The molecule has 0 aliphatic heterocycles. The summed E-state index contributed by atoms with van der Waals surface area (Å²) >= 11 is 6.20. The van der Waals surface area contributed by atoms with E-state index in [9.17, 15) is 4.79 Å². The summed E-state index contributed by atoms with van der Waals surface area (Å²) < 4.78 is 5.06. The number of methoxy groups -OCH3 is 1. The van der Waals surface area contributed by atoms with Gasteiger partial charge in [-0.3, -0.25) is 15.1 Å². The van der Waals surface area contributed by atoms with Crippen molar-refractivity contribution in [2.45, 2.75) is 13.3 Å². The van der Waals surface area contributed by atoms with E-state index in [-0.39, 0.29) is 11.5 Å². The number of aromatic nitrogens is 4. The monoisotopic (exact) mass is 421 g/mol. The van der Waals surface area contributed by atoms with Crippen LogP contribution in [0.2, 0.25) is 5.02 Å². The minimum Gasteiger partial charge on any atom is -0.384 e. The number of nitrogens with one attached hydrogen (secondary N) is 2. The van der Waals surface area contributed by atoms with Gasteiger partial charge < -0.3 is 4.74 Å². The van der Waals surface area contributed by atoms with Crippen molar-refractivity contribution in [3.63, 3.8) is 0 Å². The molecule has 0 saturated carbocycles. The Bertz CT molecular complexity index is 1260. The molecule has 0 radical (unpaired) electrons. The van der Waals surface area contributed by atoms with Gasteiger partial charge in [0.1, 0.15) is 0 Å². The van der Waals surface area contributed by atoms with Gasteiger partial charge in [-0.2, -0.15) is 0 Å². The van der Waals surface area contributed by atoms with Gasteiger partial charge in [-0.25, -0.2) is 15.0 Å². The zero-order chi connectivity index (χ0) is 21.1. The Morgan fingerprint density at radius 2 is 1.90 bits per heavy atom. The van der Waals surface area contributed by atoms with E-state index in [1.54, 1.807) is 20.1 Å². The van der Waals surface area contributed by atoms with Crippen LogP contribution in [0.4, 0.5) is 11.9 Å². The lowest BCUT2D eigenvalue weighted by Gasteiger charge is -2.11. The van der Waals surface area contributed by atoms with E-state index in [1.807, 2.05) is 42.5 Å². The molecule has 0 unspecified atom stereocenters. The number of aromatic amines is 1. The molecule has 0 aliphatic rings. The highest BCUT2D eigenvalue weighted by Crippen LogP contribution is 2.29. The Morgan fingerprint density at radius 1 is 1.10 bits per heavy atom. The van der Waals surface area contributed by atoms with Gasteiger partial charge in [0, 0.05) is 35.1 Å². The predicted octanol–water partition coefficient (Wildman–Crippen LogP) is 4.27. The Kier molecular flexibility index (Phi) is 5.74. The smallest absolute Gasteiger partial charge is 0.255 e. The fourth-order valence-corrected chi connectivity index (χ4v) is 3.42. The van der Waals surface area contributed by atoms with Crippen molar-refractivity contribution < 1.29 is 4.74 Å². The number of hydrogen-bond donors (Lipinski definition) is 2. The van der Waals surface area contributed by atoms with Gasteiger partial charge in [0.05, 0.1) is 23.5 Å². The summed E-state index contributed by atoms with van der Waals surface area (Å²) in [4.78, 5) is 28.9. The minimum absolute atomic E-state index is 0.210. The van der Waals surface area contributed by atoms with Gasteiger partial charge in [0.2, 0.25) is 11.9 Å². The van der Waals surface area contributed by atoms with Crippen molar-refractivity contribution in [1.29, 1.82) is 0 Å². The third-order valence-electron chi connectivity index (χ3n) is 4.71. The fourth-order valence-electron chi connectivity index (χ4n) is 3.25. The molecule has 0 spiro atoms. The first kappa shape index (κ1) is 20.0. The summed E-state index contributed by atoms with van der Waals surface area (Å²) in [5.41, 5.74) is 3.42. The fraction of sp³-hybridized carbons (Fsp3) is 0.182. The second-order valence-electron chi connectivity index (χ2n) is 6.77. The molecule has 2 N–H and O–H groups in total. The molecule has 0 amide bonds. The lowest BCUT2D eigenvalue weighted by atomic mass is 10.1. The van der Waals surface area contributed by atoms with Crippen LogP contribution in [-0.2, 0) is 11.2 Å². The van der Waals surface area contributed by atoms with Crippen molar-refractivity contribution in [2.24, 2.45) is 0 Å². The molecular weight excluding hydrogens is 402 g/mol. The maximum atomic E-state index is 12.4. The lowest BCUT2D eigenvalue weighted by Crippen LogP contribution is -2.20. The molecular formula is C22H20ClN5O2. The van der Waals surface area contributed by atoms with Gasteiger partial charge >= 0.3 is 0 Å². The Morgan fingerprint density at radius 3 is 2.63 bits per heavy atom. The molecule has 0 atom stereocenters. The number of halogens is 1. The minimum atomic E-state index is -0.210. The molecule has 0 bridgehead atoms. The first-order chi connectivity index (χ1) is 14.5. The van der Waals surface area contributed by atoms with E-state index in [0.29, 0.717) is 35.3 Å². The van der Waals surface area contributed by atoms with Crippen LogP contribution in [0.3, 0.4) is 0 Å².